The molecule has 1 fully saturated rings. The van der Waals surface area contributed by atoms with Crippen molar-refractivity contribution in [2.45, 2.75) is 26.2 Å². The van der Waals surface area contributed by atoms with Crippen LogP contribution in [0.4, 0.5) is 4.39 Å². The number of hydrogen-bond donors (Lipinski definition) is 1. The first kappa shape index (κ1) is 22.6. The zero-order valence-corrected chi connectivity index (χ0v) is 18.8. The van der Waals surface area contributed by atoms with Crippen molar-refractivity contribution in [3.63, 3.8) is 0 Å². The van der Waals surface area contributed by atoms with Crippen LogP contribution in [0.3, 0.4) is 0 Å². The number of likely N-dealkylation sites (tertiary alicyclic amines) is 1. The fourth-order valence-corrected chi connectivity index (χ4v) is 4.65. The number of piperidine rings is 1. The van der Waals surface area contributed by atoms with Gasteiger partial charge >= 0.3 is 0 Å². The molecule has 2 aromatic carbocycles. The Hall–Kier alpha value is -3.54. The van der Waals surface area contributed by atoms with E-state index < -0.39 is 5.41 Å². The van der Waals surface area contributed by atoms with E-state index in [1.807, 2.05) is 37.3 Å². The van der Waals surface area contributed by atoms with Gasteiger partial charge in [0.2, 0.25) is 5.91 Å². The number of nitrogens with one attached hydrogen (secondary N) is 1. The molecule has 0 saturated carbocycles. The number of nitrogens with zero attached hydrogens (tertiary/aromatic N) is 2. The third-order valence-electron chi connectivity index (χ3n) is 6.22. The molecule has 1 aromatic heterocycles. The van der Waals surface area contributed by atoms with Gasteiger partial charge in [-0.15, -0.1) is 0 Å². The van der Waals surface area contributed by atoms with Crippen LogP contribution in [0.15, 0.2) is 73.1 Å². The normalized spacial score (nSPS) is 18.1. The van der Waals surface area contributed by atoms with Gasteiger partial charge in [-0.25, -0.2) is 4.39 Å². The number of hydrogen-bond acceptors (Lipinski definition) is 3. The summed E-state index contributed by atoms with van der Waals surface area (Å²) in [5.41, 5.74) is 2.47. The van der Waals surface area contributed by atoms with Gasteiger partial charge in [-0.2, -0.15) is 0 Å². The third-order valence-corrected chi connectivity index (χ3v) is 6.22. The molecule has 2 heterocycles. The standard InChI is InChI=1S/C27H28FN3O2/c1-2-30-26(33)27(12-6-14-31(19-27)25(32)23-10-5-13-29-18-23)17-20-7-3-8-21(15-20)22-9-4-11-24(28)16-22/h3-5,7-11,13,15-16,18H,2,6,12,14,17,19H2,1H3,(H,30,33)/t27-/m1/s1. The van der Waals surface area contributed by atoms with E-state index >= 15 is 0 Å². The molecule has 0 unspecified atom stereocenters. The third kappa shape index (κ3) is 5.11. The average molecular weight is 446 g/mol. The predicted octanol–water partition coefficient (Wildman–Crippen LogP) is 4.49. The maximum atomic E-state index is 13.7. The van der Waals surface area contributed by atoms with Crippen molar-refractivity contribution in [1.29, 1.82) is 0 Å². The summed E-state index contributed by atoms with van der Waals surface area (Å²) in [6.07, 6.45) is 5.14. The van der Waals surface area contributed by atoms with Gasteiger partial charge in [0, 0.05) is 32.0 Å². The van der Waals surface area contributed by atoms with Gasteiger partial charge in [0.05, 0.1) is 11.0 Å². The molecule has 0 radical (unpaired) electrons. The molecular formula is C27H28FN3O2. The first-order valence-corrected chi connectivity index (χ1v) is 11.3. The van der Waals surface area contributed by atoms with Crippen LogP contribution in [0.1, 0.15) is 35.7 Å². The minimum atomic E-state index is -0.729. The smallest absolute Gasteiger partial charge is 0.255 e. The SMILES string of the molecule is CCNC(=O)[C@@]1(Cc2cccc(-c3cccc(F)c3)c2)CCCN(C(=O)c2cccnc2)C1. The molecular weight excluding hydrogens is 417 g/mol. The Morgan fingerprint density at radius 1 is 1.09 bits per heavy atom. The van der Waals surface area contributed by atoms with E-state index in [0.29, 0.717) is 38.0 Å². The van der Waals surface area contributed by atoms with E-state index in [9.17, 15) is 14.0 Å². The maximum absolute atomic E-state index is 13.7. The molecule has 1 aliphatic heterocycles. The first-order valence-electron chi connectivity index (χ1n) is 11.3. The lowest BCUT2D eigenvalue weighted by Gasteiger charge is -2.42. The lowest BCUT2D eigenvalue weighted by Crippen LogP contribution is -2.54. The molecule has 0 aliphatic carbocycles. The number of benzene rings is 2. The number of pyridine rings is 1. The van der Waals surface area contributed by atoms with E-state index in [4.69, 9.17) is 0 Å². The van der Waals surface area contributed by atoms with Gasteiger partial charge in [0.15, 0.2) is 0 Å². The van der Waals surface area contributed by atoms with Crippen LogP contribution in [-0.4, -0.2) is 41.3 Å². The van der Waals surface area contributed by atoms with Crippen molar-refractivity contribution in [3.05, 3.63) is 90.0 Å². The van der Waals surface area contributed by atoms with Crippen LogP contribution in [0.25, 0.3) is 11.1 Å². The van der Waals surface area contributed by atoms with Gasteiger partial charge in [-0.1, -0.05) is 36.4 Å². The molecule has 6 heteroatoms. The van der Waals surface area contributed by atoms with E-state index in [1.54, 1.807) is 35.5 Å². The van der Waals surface area contributed by atoms with Crippen molar-refractivity contribution in [2.24, 2.45) is 5.41 Å². The Bertz CT molecular complexity index is 1130. The Morgan fingerprint density at radius 2 is 1.88 bits per heavy atom. The van der Waals surface area contributed by atoms with Gasteiger partial charge in [0.1, 0.15) is 5.82 Å². The Kier molecular flexibility index (Phi) is 6.82. The largest absolute Gasteiger partial charge is 0.356 e. The van der Waals surface area contributed by atoms with Crippen molar-refractivity contribution in [2.75, 3.05) is 19.6 Å². The summed E-state index contributed by atoms with van der Waals surface area (Å²) in [4.78, 5) is 32.3. The van der Waals surface area contributed by atoms with Crippen LogP contribution in [0.5, 0.6) is 0 Å². The maximum Gasteiger partial charge on any atom is 0.255 e. The van der Waals surface area contributed by atoms with Crippen molar-refractivity contribution in [1.82, 2.24) is 15.2 Å². The molecule has 2 amide bonds. The highest BCUT2D eigenvalue weighted by atomic mass is 19.1. The summed E-state index contributed by atoms with van der Waals surface area (Å²) >= 11 is 0. The van der Waals surface area contributed by atoms with E-state index in [0.717, 1.165) is 23.1 Å². The van der Waals surface area contributed by atoms with Crippen molar-refractivity contribution >= 4 is 11.8 Å². The lowest BCUT2D eigenvalue weighted by atomic mass is 9.73. The summed E-state index contributed by atoms with van der Waals surface area (Å²) in [5.74, 6) is -0.427. The Morgan fingerprint density at radius 3 is 2.61 bits per heavy atom. The van der Waals surface area contributed by atoms with E-state index in [-0.39, 0.29) is 17.6 Å². The summed E-state index contributed by atoms with van der Waals surface area (Å²) in [6, 6.07) is 17.9. The molecule has 3 aromatic rings. The summed E-state index contributed by atoms with van der Waals surface area (Å²) in [6.45, 7) is 3.38. The molecule has 1 saturated heterocycles. The monoisotopic (exact) mass is 445 g/mol. The zero-order chi connectivity index (χ0) is 23.3. The number of carbonyl (C=O) groups excluding carboxylic acids is 2. The highest BCUT2D eigenvalue weighted by molar-refractivity contribution is 5.94. The fraction of sp³-hybridized carbons (Fsp3) is 0.296. The quantitative estimate of drug-likeness (QED) is 0.608. The zero-order valence-electron chi connectivity index (χ0n) is 18.8. The molecule has 5 nitrogen and oxygen atoms in total. The van der Waals surface area contributed by atoms with Gasteiger partial charge < -0.3 is 10.2 Å². The average Bonchev–Trinajstić information content (AvgIpc) is 2.84. The molecule has 4 rings (SSSR count). The van der Waals surface area contributed by atoms with E-state index in [1.165, 1.54) is 12.1 Å². The lowest BCUT2D eigenvalue weighted by molar-refractivity contribution is -0.133. The molecule has 1 aliphatic rings. The molecule has 0 bridgehead atoms. The number of halogens is 1. The first-order chi connectivity index (χ1) is 16.0. The van der Waals surface area contributed by atoms with Crippen LogP contribution >= 0.6 is 0 Å². The second kappa shape index (κ2) is 9.94. The van der Waals surface area contributed by atoms with Crippen molar-refractivity contribution < 1.29 is 14.0 Å². The number of rotatable bonds is 6. The molecule has 1 N–H and O–H groups in total. The minimum absolute atomic E-state index is 0.0372. The number of carbonyl (C=O) groups is 2. The molecule has 0 spiro atoms. The molecule has 33 heavy (non-hydrogen) atoms. The summed E-state index contributed by atoms with van der Waals surface area (Å²) in [5, 5.41) is 2.99. The Labute approximate surface area is 193 Å². The highest BCUT2D eigenvalue weighted by Gasteiger charge is 2.43. The van der Waals surface area contributed by atoms with Crippen LogP contribution in [0.2, 0.25) is 0 Å². The highest BCUT2D eigenvalue weighted by Crippen LogP contribution is 2.36. The topological polar surface area (TPSA) is 62.3 Å². The Balaban J connectivity index is 1.63. The molecule has 1 atom stereocenters. The van der Waals surface area contributed by atoms with Gasteiger partial charge in [0.25, 0.3) is 5.91 Å². The van der Waals surface area contributed by atoms with Crippen LogP contribution < -0.4 is 5.32 Å². The number of amides is 2. The second-order valence-electron chi connectivity index (χ2n) is 8.60. The van der Waals surface area contributed by atoms with E-state index in [2.05, 4.69) is 10.3 Å². The second-order valence-corrected chi connectivity index (χ2v) is 8.60. The predicted molar refractivity (Wildman–Crippen MR) is 126 cm³/mol. The van der Waals surface area contributed by atoms with Crippen LogP contribution in [0, 0.1) is 11.2 Å². The van der Waals surface area contributed by atoms with Gasteiger partial charge in [-0.05, 0) is 67.1 Å². The van der Waals surface area contributed by atoms with Gasteiger partial charge in [-0.3, -0.25) is 14.6 Å². The van der Waals surface area contributed by atoms with Crippen LogP contribution in [-0.2, 0) is 11.2 Å². The summed E-state index contributed by atoms with van der Waals surface area (Å²) in [7, 11) is 0. The number of aromatic nitrogens is 1. The molecule has 170 valence electrons. The minimum Gasteiger partial charge on any atom is -0.356 e. The fourth-order valence-electron chi connectivity index (χ4n) is 4.65. The van der Waals surface area contributed by atoms with Crippen molar-refractivity contribution in [3.8, 4) is 11.1 Å². The summed E-state index contributed by atoms with van der Waals surface area (Å²) < 4.78 is 13.7.